The summed E-state index contributed by atoms with van der Waals surface area (Å²) in [6.45, 7) is 0.0358. The van der Waals surface area contributed by atoms with Crippen LogP contribution in [0.2, 0.25) is 0 Å². The quantitative estimate of drug-likeness (QED) is 0.389. The van der Waals surface area contributed by atoms with Gasteiger partial charge in [0.25, 0.3) is 5.91 Å². The number of carbonyl (C=O) groups is 3. The zero-order chi connectivity index (χ0) is 28.7. The van der Waals surface area contributed by atoms with Crippen molar-refractivity contribution in [3.8, 4) is 0 Å². The van der Waals surface area contributed by atoms with Crippen LogP contribution in [0.3, 0.4) is 0 Å². The maximum Gasteiger partial charge on any atom is 0.409 e. The Morgan fingerprint density at radius 1 is 0.833 bits per heavy atom. The Hall–Kier alpha value is -4.26. The fraction of sp³-hybridized carbons (Fsp3) is 0.371. The van der Waals surface area contributed by atoms with E-state index in [2.05, 4.69) is 5.32 Å². The minimum Gasteiger partial charge on any atom is -0.445 e. The fourth-order valence-electron chi connectivity index (χ4n) is 8.15. The summed E-state index contributed by atoms with van der Waals surface area (Å²) in [7, 11) is 0. The van der Waals surface area contributed by atoms with Crippen LogP contribution in [0.25, 0.3) is 0 Å². The SMILES string of the molecule is O=C(NC1N=C(c2ccccc2)c2ccccc2N(CC(=O)C23CC4CC(CC(C4)C2)C3)C1=O)OCc1ccccc1. The molecule has 8 rings (SSSR count). The topological polar surface area (TPSA) is 88.1 Å². The molecule has 7 heteroatoms. The number of nitrogens with zero attached hydrogens (tertiary/aromatic N) is 2. The first kappa shape index (κ1) is 26.6. The van der Waals surface area contributed by atoms with Crippen molar-refractivity contribution in [2.24, 2.45) is 28.2 Å². The zero-order valence-corrected chi connectivity index (χ0v) is 23.6. The van der Waals surface area contributed by atoms with E-state index in [0.29, 0.717) is 29.2 Å². The highest BCUT2D eigenvalue weighted by Crippen LogP contribution is 2.60. The Bertz CT molecular complexity index is 1500. The molecule has 0 radical (unpaired) electrons. The normalized spacial score (nSPS) is 27.6. The summed E-state index contributed by atoms with van der Waals surface area (Å²) in [5.74, 6) is 1.55. The van der Waals surface area contributed by atoms with Gasteiger partial charge in [0, 0.05) is 16.5 Å². The van der Waals surface area contributed by atoms with E-state index in [1.54, 1.807) is 4.90 Å². The van der Waals surface area contributed by atoms with Gasteiger partial charge in [-0.15, -0.1) is 0 Å². The zero-order valence-electron chi connectivity index (χ0n) is 23.6. The number of ether oxygens (including phenoxy) is 1. The van der Waals surface area contributed by atoms with Crippen LogP contribution in [0.4, 0.5) is 10.5 Å². The molecule has 4 aliphatic carbocycles. The van der Waals surface area contributed by atoms with Gasteiger partial charge in [0.1, 0.15) is 6.61 Å². The van der Waals surface area contributed by atoms with Crippen molar-refractivity contribution in [3.05, 3.63) is 102 Å². The molecule has 2 amide bonds. The third-order valence-electron chi connectivity index (χ3n) is 9.65. The minimum absolute atomic E-state index is 0.0309. The molecule has 1 aliphatic heterocycles. The summed E-state index contributed by atoms with van der Waals surface area (Å²) >= 11 is 0. The van der Waals surface area contributed by atoms with E-state index >= 15 is 0 Å². The van der Waals surface area contributed by atoms with Gasteiger partial charge >= 0.3 is 6.09 Å². The first-order valence-electron chi connectivity index (χ1n) is 15.0. The number of benzodiazepines with no additional fused rings is 1. The molecule has 1 heterocycles. The first-order chi connectivity index (χ1) is 20.5. The summed E-state index contributed by atoms with van der Waals surface area (Å²) in [4.78, 5) is 47.8. The molecule has 7 nitrogen and oxygen atoms in total. The second kappa shape index (κ2) is 10.9. The van der Waals surface area contributed by atoms with Gasteiger partial charge in [-0.25, -0.2) is 9.79 Å². The average Bonchev–Trinajstić information content (AvgIpc) is 3.11. The molecule has 0 spiro atoms. The molecule has 5 aliphatic rings. The van der Waals surface area contributed by atoms with Crippen molar-refractivity contribution in [1.29, 1.82) is 0 Å². The van der Waals surface area contributed by atoms with Crippen molar-refractivity contribution in [2.45, 2.75) is 51.3 Å². The van der Waals surface area contributed by atoms with Gasteiger partial charge in [0.05, 0.1) is 17.9 Å². The van der Waals surface area contributed by atoms with Crippen molar-refractivity contribution < 1.29 is 19.1 Å². The van der Waals surface area contributed by atoms with Gasteiger partial charge in [-0.3, -0.25) is 14.9 Å². The highest BCUT2D eigenvalue weighted by atomic mass is 16.5. The number of nitrogens with one attached hydrogen (secondary N) is 1. The van der Waals surface area contributed by atoms with Gasteiger partial charge < -0.3 is 9.64 Å². The third kappa shape index (κ3) is 5.02. The fourth-order valence-corrected chi connectivity index (χ4v) is 8.15. The lowest BCUT2D eigenvalue weighted by atomic mass is 9.48. The van der Waals surface area contributed by atoms with Gasteiger partial charge in [-0.1, -0.05) is 78.9 Å². The lowest BCUT2D eigenvalue weighted by Crippen LogP contribution is -2.55. The van der Waals surface area contributed by atoms with Crippen LogP contribution in [0, 0.1) is 23.2 Å². The number of hydrogen-bond donors (Lipinski definition) is 1. The maximum absolute atomic E-state index is 14.3. The number of hydrogen-bond acceptors (Lipinski definition) is 5. The summed E-state index contributed by atoms with van der Waals surface area (Å²) in [5.41, 5.74) is 3.26. The second-order valence-corrected chi connectivity index (χ2v) is 12.5. The van der Waals surface area contributed by atoms with Crippen molar-refractivity contribution >= 4 is 29.2 Å². The van der Waals surface area contributed by atoms with Crippen molar-refractivity contribution in [1.82, 2.24) is 5.32 Å². The van der Waals surface area contributed by atoms with Crippen LogP contribution in [-0.4, -0.2) is 36.2 Å². The Morgan fingerprint density at radius 2 is 1.43 bits per heavy atom. The van der Waals surface area contributed by atoms with Crippen LogP contribution >= 0.6 is 0 Å². The highest BCUT2D eigenvalue weighted by molar-refractivity contribution is 6.21. The largest absolute Gasteiger partial charge is 0.445 e. The Balaban J connectivity index is 1.21. The molecule has 1 atom stereocenters. The van der Waals surface area contributed by atoms with E-state index < -0.39 is 18.2 Å². The molecule has 3 aromatic carbocycles. The number of carbonyl (C=O) groups excluding carboxylic acids is 3. The standard InChI is InChI=1S/C35H35N3O4/c39-30(35-18-24-15-25(19-35)17-26(16-24)20-35)21-38-29-14-8-7-13-28(29)31(27-11-5-2-6-12-27)36-32(33(38)40)37-34(41)42-22-23-9-3-1-4-10-23/h1-14,24-26,32H,15-22H2,(H,37,41). The molecule has 4 bridgehead atoms. The Morgan fingerprint density at radius 3 is 2.10 bits per heavy atom. The van der Waals surface area contributed by atoms with E-state index in [0.717, 1.165) is 36.0 Å². The number of Topliss-reactive ketones (excluding diaryl/α,β-unsaturated/α-hetero) is 1. The maximum atomic E-state index is 14.3. The number of anilines is 1. The van der Waals surface area contributed by atoms with E-state index in [1.165, 1.54) is 19.3 Å². The Kier molecular flexibility index (Phi) is 6.88. The number of benzene rings is 3. The minimum atomic E-state index is -1.25. The number of aliphatic imine (C=N–C) groups is 1. The molecular weight excluding hydrogens is 526 g/mol. The Labute approximate surface area is 246 Å². The predicted molar refractivity (Wildman–Crippen MR) is 160 cm³/mol. The lowest BCUT2D eigenvalue weighted by Gasteiger charge is -2.56. The number of fused-ring (bicyclic) bond motifs is 1. The van der Waals surface area contributed by atoms with Crippen molar-refractivity contribution in [2.75, 3.05) is 11.4 Å². The number of ketones is 1. The number of para-hydroxylation sites is 1. The van der Waals surface area contributed by atoms with Gasteiger partial charge in [0.2, 0.25) is 6.17 Å². The summed E-state index contributed by atoms with van der Waals surface area (Å²) in [6.07, 6.45) is 4.52. The van der Waals surface area contributed by atoms with Crippen LogP contribution < -0.4 is 10.2 Å². The molecule has 0 aromatic heterocycles. The first-order valence-corrected chi connectivity index (χ1v) is 15.0. The van der Waals surface area contributed by atoms with Crippen LogP contribution in [0.5, 0.6) is 0 Å². The third-order valence-corrected chi connectivity index (χ3v) is 9.65. The summed E-state index contributed by atoms with van der Waals surface area (Å²) in [6, 6.07) is 26.6. The average molecular weight is 562 g/mol. The van der Waals surface area contributed by atoms with Gasteiger partial charge in [-0.2, -0.15) is 0 Å². The molecule has 4 saturated carbocycles. The molecular formula is C35H35N3O4. The highest BCUT2D eigenvalue weighted by Gasteiger charge is 2.54. The smallest absolute Gasteiger partial charge is 0.409 e. The van der Waals surface area contributed by atoms with Crippen molar-refractivity contribution in [3.63, 3.8) is 0 Å². The second-order valence-electron chi connectivity index (χ2n) is 12.5. The molecule has 4 fully saturated rings. The number of rotatable bonds is 7. The summed E-state index contributed by atoms with van der Waals surface area (Å²) < 4.78 is 5.46. The van der Waals surface area contributed by atoms with Crippen LogP contribution in [0.1, 0.15) is 55.2 Å². The predicted octanol–water partition coefficient (Wildman–Crippen LogP) is 5.91. The molecule has 0 saturated heterocycles. The molecule has 1 N–H and O–H groups in total. The lowest BCUT2D eigenvalue weighted by molar-refractivity contribution is -0.143. The van der Waals surface area contributed by atoms with E-state index in [1.807, 2.05) is 84.9 Å². The number of amides is 2. The monoisotopic (exact) mass is 561 g/mol. The molecule has 214 valence electrons. The molecule has 3 aromatic rings. The van der Waals surface area contributed by atoms with E-state index in [4.69, 9.17) is 9.73 Å². The van der Waals surface area contributed by atoms with Crippen LogP contribution in [-0.2, 0) is 20.9 Å². The molecule has 1 unspecified atom stereocenters. The number of alkyl carbamates (subject to hydrolysis) is 1. The van der Waals surface area contributed by atoms with Gasteiger partial charge in [-0.05, 0) is 67.9 Å². The van der Waals surface area contributed by atoms with Gasteiger partial charge in [0.15, 0.2) is 5.78 Å². The van der Waals surface area contributed by atoms with E-state index in [9.17, 15) is 14.4 Å². The summed E-state index contributed by atoms with van der Waals surface area (Å²) in [5, 5.41) is 2.70. The van der Waals surface area contributed by atoms with E-state index in [-0.39, 0.29) is 24.3 Å². The van der Waals surface area contributed by atoms with Crippen LogP contribution in [0.15, 0.2) is 89.9 Å². The molecule has 42 heavy (non-hydrogen) atoms.